The molecule has 0 aliphatic rings. The third-order valence-electron chi connectivity index (χ3n) is 3.07. The van der Waals surface area contributed by atoms with Gasteiger partial charge in [0.2, 0.25) is 0 Å². The molecule has 2 aromatic carbocycles. The molecule has 0 saturated heterocycles. The number of benzene rings is 2. The number of aromatic amines is 1. The van der Waals surface area contributed by atoms with E-state index in [0.29, 0.717) is 9.79 Å². The van der Waals surface area contributed by atoms with Crippen molar-refractivity contribution in [3.05, 3.63) is 57.6 Å². The summed E-state index contributed by atoms with van der Waals surface area (Å²) in [5.41, 5.74) is 3.34. The standard InChI is InChI=1S/C14H10ClFN2S/c1-8-7-9(16)5-6-11(8)18-12-4-2-3-10(15)13(12)17-14(18)19/h2-7H,1H3,(H,17,19). The molecular formula is C14H10ClFN2S. The van der Waals surface area contributed by atoms with Crippen molar-refractivity contribution >= 4 is 34.9 Å². The molecule has 0 spiro atoms. The summed E-state index contributed by atoms with van der Waals surface area (Å²) in [5, 5.41) is 0.613. The number of hydrogen-bond donors (Lipinski definition) is 1. The minimum Gasteiger partial charge on any atom is -0.329 e. The number of para-hydroxylation sites is 1. The Morgan fingerprint density at radius 2 is 2.05 bits per heavy atom. The summed E-state index contributed by atoms with van der Waals surface area (Å²) in [6, 6.07) is 10.2. The normalized spacial score (nSPS) is 11.1. The lowest BCUT2D eigenvalue weighted by molar-refractivity contribution is 0.626. The van der Waals surface area contributed by atoms with Crippen molar-refractivity contribution in [2.75, 3.05) is 0 Å². The van der Waals surface area contributed by atoms with Gasteiger partial charge in [0.25, 0.3) is 0 Å². The average molecular weight is 293 g/mol. The van der Waals surface area contributed by atoms with Crippen molar-refractivity contribution in [1.29, 1.82) is 0 Å². The number of halogens is 2. The molecule has 0 amide bonds. The number of fused-ring (bicyclic) bond motifs is 1. The third-order valence-corrected chi connectivity index (χ3v) is 3.67. The lowest BCUT2D eigenvalue weighted by atomic mass is 10.2. The molecular weight excluding hydrogens is 283 g/mol. The molecule has 2 nitrogen and oxygen atoms in total. The molecule has 0 unspecified atom stereocenters. The second kappa shape index (κ2) is 4.47. The fourth-order valence-electron chi connectivity index (χ4n) is 2.20. The lowest BCUT2D eigenvalue weighted by Crippen LogP contribution is -1.97. The quantitative estimate of drug-likeness (QED) is 0.640. The van der Waals surface area contributed by atoms with Crippen molar-refractivity contribution in [3.63, 3.8) is 0 Å². The monoisotopic (exact) mass is 292 g/mol. The summed E-state index contributed by atoms with van der Waals surface area (Å²) in [5.74, 6) is -0.259. The molecule has 0 aliphatic heterocycles. The summed E-state index contributed by atoms with van der Waals surface area (Å²) < 4.78 is 15.6. The van der Waals surface area contributed by atoms with Crippen LogP contribution in [0.5, 0.6) is 0 Å². The fraction of sp³-hybridized carbons (Fsp3) is 0.0714. The van der Waals surface area contributed by atoms with Crippen molar-refractivity contribution in [2.45, 2.75) is 6.92 Å². The summed E-state index contributed by atoms with van der Waals surface area (Å²) >= 11 is 11.5. The van der Waals surface area contributed by atoms with E-state index in [9.17, 15) is 4.39 Å². The van der Waals surface area contributed by atoms with Crippen LogP contribution in [0.4, 0.5) is 4.39 Å². The maximum Gasteiger partial charge on any atom is 0.182 e. The van der Waals surface area contributed by atoms with Gasteiger partial charge in [0, 0.05) is 0 Å². The minimum absolute atomic E-state index is 0.259. The average Bonchev–Trinajstić information content (AvgIpc) is 2.68. The van der Waals surface area contributed by atoms with E-state index in [1.54, 1.807) is 12.1 Å². The van der Waals surface area contributed by atoms with Gasteiger partial charge in [0.05, 0.1) is 21.7 Å². The third kappa shape index (κ3) is 1.97. The van der Waals surface area contributed by atoms with Crippen LogP contribution < -0.4 is 0 Å². The van der Waals surface area contributed by atoms with E-state index < -0.39 is 0 Å². The number of H-pyrrole nitrogens is 1. The molecule has 19 heavy (non-hydrogen) atoms. The maximum absolute atomic E-state index is 13.2. The van der Waals surface area contributed by atoms with Gasteiger partial charge in [-0.3, -0.25) is 4.57 Å². The summed E-state index contributed by atoms with van der Waals surface area (Å²) in [6.07, 6.45) is 0. The predicted molar refractivity (Wildman–Crippen MR) is 78.2 cm³/mol. The highest BCUT2D eigenvalue weighted by molar-refractivity contribution is 7.71. The molecule has 1 aromatic heterocycles. The Morgan fingerprint density at radius 3 is 2.79 bits per heavy atom. The van der Waals surface area contributed by atoms with Gasteiger partial charge in [0.15, 0.2) is 4.77 Å². The molecule has 0 saturated carbocycles. The first kappa shape index (κ1) is 12.4. The highest BCUT2D eigenvalue weighted by atomic mass is 35.5. The van der Waals surface area contributed by atoms with E-state index in [1.165, 1.54) is 12.1 Å². The Hall–Kier alpha value is -1.65. The molecule has 1 heterocycles. The highest BCUT2D eigenvalue weighted by Gasteiger charge is 2.10. The molecule has 0 radical (unpaired) electrons. The molecule has 5 heteroatoms. The first-order valence-corrected chi connectivity index (χ1v) is 6.52. The zero-order valence-electron chi connectivity index (χ0n) is 10.1. The molecule has 0 bridgehead atoms. The molecule has 0 atom stereocenters. The Balaban J connectivity index is 2.40. The van der Waals surface area contributed by atoms with Crippen molar-refractivity contribution in [2.24, 2.45) is 0 Å². The van der Waals surface area contributed by atoms with E-state index in [0.717, 1.165) is 22.3 Å². The lowest BCUT2D eigenvalue weighted by Gasteiger charge is -2.08. The second-order valence-corrected chi connectivity index (χ2v) is 5.12. The zero-order chi connectivity index (χ0) is 13.6. The van der Waals surface area contributed by atoms with Crippen LogP contribution in [-0.2, 0) is 0 Å². The van der Waals surface area contributed by atoms with Gasteiger partial charge in [-0.05, 0) is 55.0 Å². The van der Waals surface area contributed by atoms with Crippen molar-refractivity contribution in [1.82, 2.24) is 9.55 Å². The topological polar surface area (TPSA) is 20.7 Å². The Kier molecular flexibility index (Phi) is 2.92. The van der Waals surface area contributed by atoms with Crippen LogP contribution in [-0.4, -0.2) is 9.55 Å². The number of aryl methyl sites for hydroxylation is 1. The van der Waals surface area contributed by atoms with Crippen LogP contribution in [0, 0.1) is 17.5 Å². The SMILES string of the molecule is Cc1cc(F)ccc1-n1c(=S)[nH]c2c(Cl)cccc21. The Labute approximate surface area is 119 Å². The molecule has 0 fully saturated rings. The van der Waals surface area contributed by atoms with Crippen LogP contribution in [0.25, 0.3) is 16.7 Å². The predicted octanol–water partition coefficient (Wildman–Crippen LogP) is 4.79. The first-order valence-electron chi connectivity index (χ1n) is 5.73. The van der Waals surface area contributed by atoms with Crippen molar-refractivity contribution < 1.29 is 4.39 Å². The number of hydrogen-bond acceptors (Lipinski definition) is 1. The van der Waals surface area contributed by atoms with E-state index in [2.05, 4.69) is 4.98 Å². The summed E-state index contributed by atoms with van der Waals surface area (Å²) in [4.78, 5) is 3.09. The number of aromatic nitrogens is 2. The largest absolute Gasteiger partial charge is 0.329 e. The fourth-order valence-corrected chi connectivity index (χ4v) is 2.72. The number of nitrogens with one attached hydrogen (secondary N) is 1. The van der Waals surface area contributed by atoms with Gasteiger partial charge in [0.1, 0.15) is 5.82 Å². The smallest absolute Gasteiger partial charge is 0.182 e. The minimum atomic E-state index is -0.259. The van der Waals surface area contributed by atoms with Crippen molar-refractivity contribution in [3.8, 4) is 5.69 Å². The van der Waals surface area contributed by atoms with Crippen LogP contribution >= 0.6 is 23.8 Å². The molecule has 0 aliphatic carbocycles. The maximum atomic E-state index is 13.2. The number of nitrogens with zero attached hydrogens (tertiary/aromatic N) is 1. The van der Waals surface area contributed by atoms with Gasteiger partial charge < -0.3 is 4.98 Å². The van der Waals surface area contributed by atoms with Crippen LogP contribution in [0.3, 0.4) is 0 Å². The van der Waals surface area contributed by atoms with E-state index in [1.807, 2.05) is 23.6 Å². The Bertz CT molecular complexity index is 835. The van der Waals surface area contributed by atoms with Gasteiger partial charge in [-0.2, -0.15) is 0 Å². The zero-order valence-corrected chi connectivity index (χ0v) is 11.6. The number of imidazole rings is 1. The van der Waals surface area contributed by atoms with Crippen LogP contribution in [0.1, 0.15) is 5.56 Å². The van der Waals surface area contributed by atoms with Crippen LogP contribution in [0.15, 0.2) is 36.4 Å². The first-order chi connectivity index (χ1) is 9.08. The highest BCUT2D eigenvalue weighted by Crippen LogP contribution is 2.26. The van der Waals surface area contributed by atoms with Gasteiger partial charge in [-0.25, -0.2) is 4.39 Å². The van der Waals surface area contributed by atoms with E-state index in [-0.39, 0.29) is 5.82 Å². The van der Waals surface area contributed by atoms with Crippen LogP contribution in [0.2, 0.25) is 5.02 Å². The second-order valence-electron chi connectivity index (χ2n) is 4.33. The molecule has 96 valence electrons. The summed E-state index contributed by atoms with van der Waals surface area (Å²) in [7, 11) is 0. The van der Waals surface area contributed by atoms with Gasteiger partial charge in [-0.1, -0.05) is 17.7 Å². The molecule has 1 N–H and O–H groups in total. The summed E-state index contributed by atoms with van der Waals surface area (Å²) in [6.45, 7) is 1.85. The van der Waals surface area contributed by atoms with E-state index >= 15 is 0 Å². The Morgan fingerprint density at radius 1 is 1.26 bits per heavy atom. The molecule has 3 rings (SSSR count). The van der Waals surface area contributed by atoms with Gasteiger partial charge in [-0.15, -0.1) is 0 Å². The van der Waals surface area contributed by atoms with Gasteiger partial charge >= 0.3 is 0 Å². The molecule has 3 aromatic rings. The van der Waals surface area contributed by atoms with E-state index in [4.69, 9.17) is 23.8 Å². The number of rotatable bonds is 1.